The maximum atomic E-state index is 13.1. The molecule has 0 aliphatic carbocycles. The Hall–Kier alpha value is -1.46. The Morgan fingerprint density at radius 3 is 2.82 bits per heavy atom. The van der Waals surface area contributed by atoms with Gasteiger partial charge in [0, 0.05) is 13.7 Å². The van der Waals surface area contributed by atoms with Crippen molar-refractivity contribution in [1.29, 1.82) is 0 Å². The molecule has 0 radical (unpaired) electrons. The first-order chi connectivity index (χ1) is 8.19. The zero-order chi connectivity index (χ0) is 12.7. The van der Waals surface area contributed by atoms with Crippen molar-refractivity contribution in [3.05, 3.63) is 35.6 Å². The summed E-state index contributed by atoms with van der Waals surface area (Å²) in [7, 11) is 2.86. The summed E-state index contributed by atoms with van der Waals surface area (Å²) in [5, 5.41) is 2.95. The van der Waals surface area contributed by atoms with E-state index in [4.69, 9.17) is 4.74 Å². The van der Waals surface area contributed by atoms with Gasteiger partial charge in [-0.15, -0.1) is 0 Å². The predicted molar refractivity (Wildman–Crippen MR) is 61.0 cm³/mol. The van der Waals surface area contributed by atoms with Gasteiger partial charge in [-0.25, -0.2) is 9.18 Å². The van der Waals surface area contributed by atoms with Crippen LogP contribution < -0.4 is 5.32 Å². The van der Waals surface area contributed by atoms with Gasteiger partial charge in [0.25, 0.3) is 0 Å². The quantitative estimate of drug-likeness (QED) is 0.602. The van der Waals surface area contributed by atoms with E-state index in [9.17, 15) is 9.18 Å². The Balaban J connectivity index is 2.78. The number of hydrogen-bond acceptors (Lipinski definition) is 4. The van der Waals surface area contributed by atoms with Crippen molar-refractivity contribution in [1.82, 2.24) is 5.32 Å². The lowest BCUT2D eigenvalue weighted by atomic mass is 10.1. The number of esters is 1. The summed E-state index contributed by atoms with van der Waals surface area (Å²) in [5.74, 6) is -0.836. The molecule has 1 N–H and O–H groups in total. The van der Waals surface area contributed by atoms with Gasteiger partial charge in [0.2, 0.25) is 0 Å². The highest BCUT2D eigenvalue weighted by atomic mass is 19.1. The molecular formula is C12H16FNO3. The summed E-state index contributed by atoms with van der Waals surface area (Å²) in [6.45, 7) is 0.940. The van der Waals surface area contributed by atoms with E-state index < -0.39 is 12.0 Å². The molecule has 4 nitrogen and oxygen atoms in total. The third-order valence-corrected chi connectivity index (χ3v) is 2.27. The molecule has 1 unspecified atom stereocenters. The second kappa shape index (κ2) is 6.98. The molecule has 0 fully saturated rings. The van der Waals surface area contributed by atoms with E-state index in [-0.39, 0.29) is 5.82 Å². The second-order valence-electron chi connectivity index (χ2n) is 3.46. The average molecular weight is 241 g/mol. The third kappa shape index (κ3) is 4.13. The highest BCUT2D eigenvalue weighted by molar-refractivity contribution is 5.77. The van der Waals surface area contributed by atoms with E-state index in [0.29, 0.717) is 18.7 Å². The number of benzene rings is 1. The molecule has 0 heterocycles. The molecular weight excluding hydrogens is 225 g/mol. The van der Waals surface area contributed by atoms with Crippen LogP contribution in [0.1, 0.15) is 11.6 Å². The molecule has 1 atom stereocenters. The van der Waals surface area contributed by atoms with Crippen LogP contribution in [0.5, 0.6) is 0 Å². The SMILES string of the molecule is COCCNC(C(=O)OC)c1cccc(F)c1. The van der Waals surface area contributed by atoms with Crippen LogP contribution in [0.2, 0.25) is 0 Å². The Morgan fingerprint density at radius 2 is 2.24 bits per heavy atom. The number of carbonyl (C=O) groups excluding carboxylic acids is 1. The molecule has 94 valence electrons. The van der Waals surface area contributed by atoms with Crippen LogP contribution in [-0.4, -0.2) is 33.3 Å². The largest absolute Gasteiger partial charge is 0.468 e. The predicted octanol–water partition coefficient (Wildman–Crippen LogP) is 1.28. The molecule has 5 heteroatoms. The monoisotopic (exact) mass is 241 g/mol. The Morgan fingerprint density at radius 1 is 1.47 bits per heavy atom. The molecule has 1 aromatic carbocycles. The van der Waals surface area contributed by atoms with Crippen LogP contribution in [-0.2, 0) is 14.3 Å². The van der Waals surface area contributed by atoms with Gasteiger partial charge in [0.1, 0.15) is 11.9 Å². The minimum Gasteiger partial charge on any atom is -0.468 e. The molecule has 1 aromatic rings. The van der Waals surface area contributed by atoms with Crippen molar-refractivity contribution in [2.45, 2.75) is 6.04 Å². The van der Waals surface area contributed by atoms with Gasteiger partial charge in [0.05, 0.1) is 13.7 Å². The molecule has 0 aromatic heterocycles. The average Bonchev–Trinajstić information content (AvgIpc) is 2.34. The number of methoxy groups -OCH3 is 2. The standard InChI is InChI=1S/C12H16FNO3/c1-16-7-6-14-11(12(15)17-2)9-4-3-5-10(13)8-9/h3-5,8,11,14H,6-7H2,1-2H3. The topological polar surface area (TPSA) is 47.6 Å². The smallest absolute Gasteiger partial charge is 0.327 e. The van der Waals surface area contributed by atoms with Crippen molar-refractivity contribution in [2.75, 3.05) is 27.4 Å². The van der Waals surface area contributed by atoms with E-state index in [0.717, 1.165) is 0 Å². The Bertz CT molecular complexity index is 371. The van der Waals surface area contributed by atoms with Crippen molar-refractivity contribution < 1.29 is 18.7 Å². The summed E-state index contributed by atoms with van der Waals surface area (Å²) in [4.78, 5) is 11.6. The fraction of sp³-hybridized carbons (Fsp3) is 0.417. The van der Waals surface area contributed by atoms with Gasteiger partial charge in [-0.2, -0.15) is 0 Å². The highest BCUT2D eigenvalue weighted by Crippen LogP contribution is 2.15. The summed E-state index contributed by atoms with van der Waals surface area (Å²) < 4.78 is 22.6. The third-order valence-electron chi connectivity index (χ3n) is 2.27. The van der Waals surface area contributed by atoms with Crippen LogP contribution in [0, 0.1) is 5.82 Å². The first kappa shape index (κ1) is 13.6. The Kier molecular flexibility index (Phi) is 5.59. The number of carbonyl (C=O) groups is 1. The second-order valence-corrected chi connectivity index (χ2v) is 3.46. The molecule has 17 heavy (non-hydrogen) atoms. The number of nitrogens with one attached hydrogen (secondary N) is 1. The zero-order valence-corrected chi connectivity index (χ0v) is 9.90. The lowest BCUT2D eigenvalue weighted by molar-refractivity contribution is -0.143. The van der Waals surface area contributed by atoms with Gasteiger partial charge < -0.3 is 9.47 Å². The molecule has 0 amide bonds. The van der Waals surface area contributed by atoms with E-state index in [1.54, 1.807) is 19.2 Å². The summed E-state index contributed by atoms with van der Waals surface area (Å²) in [5.41, 5.74) is 0.535. The lowest BCUT2D eigenvalue weighted by Gasteiger charge is -2.16. The van der Waals surface area contributed by atoms with Crippen molar-refractivity contribution in [3.63, 3.8) is 0 Å². The van der Waals surface area contributed by atoms with Crippen molar-refractivity contribution >= 4 is 5.97 Å². The number of hydrogen-bond donors (Lipinski definition) is 1. The zero-order valence-electron chi connectivity index (χ0n) is 9.90. The van der Waals surface area contributed by atoms with Crippen molar-refractivity contribution in [3.8, 4) is 0 Å². The summed E-state index contributed by atoms with van der Waals surface area (Å²) in [6, 6.07) is 5.18. The van der Waals surface area contributed by atoms with Gasteiger partial charge in [-0.3, -0.25) is 5.32 Å². The Labute approximate surface area is 99.7 Å². The molecule has 0 spiro atoms. The van der Waals surface area contributed by atoms with Gasteiger partial charge in [-0.05, 0) is 17.7 Å². The normalized spacial score (nSPS) is 12.2. The summed E-state index contributed by atoms with van der Waals surface area (Å²) >= 11 is 0. The minimum absolute atomic E-state index is 0.384. The first-order valence-corrected chi connectivity index (χ1v) is 5.24. The maximum absolute atomic E-state index is 13.1. The number of rotatable bonds is 6. The molecule has 0 saturated carbocycles. The lowest BCUT2D eigenvalue weighted by Crippen LogP contribution is -2.32. The van der Waals surface area contributed by atoms with E-state index in [2.05, 4.69) is 10.1 Å². The number of halogens is 1. The van der Waals surface area contributed by atoms with E-state index in [1.165, 1.54) is 19.2 Å². The van der Waals surface area contributed by atoms with Gasteiger partial charge in [-0.1, -0.05) is 12.1 Å². The van der Waals surface area contributed by atoms with Gasteiger partial charge in [0.15, 0.2) is 0 Å². The maximum Gasteiger partial charge on any atom is 0.327 e. The van der Waals surface area contributed by atoms with Crippen LogP contribution >= 0.6 is 0 Å². The fourth-order valence-electron chi connectivity index (χ4n) is 1.45. The van der Waals surface area contributed by atoms with E-state index >= 15 is 0 Å². The summed E-state index contributed by atoms with van der Waals surface area (Å²) in [6.07, 6.45) is 0. The minimum atomic E-state index is -0.675. The van der Waals surface area contributed by atoms with Gasteiger partial charge >= 0.3 is 5.97 Å². The number of ether oxygens (including phenoxy) is 2. The molecule has 0 bridgehead atoms. The van der Waals surface area contributed by atoms with Crippen LogP contribution in [0.3, 0.4) is 0 Å². The molecule has 1 rings (SSSR count). The molecule has 0 saturated heterocycles. The fourth-order valence-corrected chi connectivity index (χ4v) is 1.45. The van der Waals surface area contributed by atoms with E-state index in [1.807, 2.05) is 0 Å². The van der Waals surface area contributed by atoms with Crippen LogP contribution in [0.15, 0.2) is 24.3 Å². The molecule has 0 aliphatic rings. The highest BCUT2D eigenvalue weighted by Gasteiger charge is 2.20. The van der Waals surface area contributed by atoms with Crippen LogP contribution in [0.25, 0.3) is 0 Å². The van der Waals surface area contributed by atoms with Crippen LogP contribution in [0.4, 0.5) is 4.39 Å². The first-order valence-electron chi connectivity index (χ1n) is 5.24. The van der Waals surface area contributed by atoms with Crippen molar-refractivity contribution in [2.24, 2.45) is 0 Å². The molecule has 0 aliphatic heterocycles.